The second kappa shape index (κ2) is 10.8. The van der Waals surface area contributed by atoms with Gasteiger partial charge >= 0.3 is 0 Å². The fourth-order valence-corrected chi connectivity index (χ4v) is 4.36. The topological polar surface area (TPSA) is 86.8 Å². The number of hydrogen-bond donors (Lipinski definition) is 1. The lowest BCUT2D eigenvalue weighted by Gasteiger charge is -2.32. The number of aryl methyl sites for hydroxylation is 1. The third-order valence-electron chi connectivity index (χ3n) is 5.00. The Hall–Kier alpha value is -2.58. The van der Waals surface area contributed by atoms with E-state index in [1.807, 2.05) is 45.0 Å². The number of rotatable bonds is 9. The van der Waals surface area contributed by atoms with Crippen LogP contribution in [0, 0.1) is 6.92 Å². The Kier molecular flexibility index (Phi) is 8.69. The van der Waals surface area contributed by atoms with Gasteiger partial charge in [-0.1, -0.05) is 48.0 Å². The molecule has 2 aromatic rings. The minimum absolute atomic E-state index is 0.101. The molecule has 0 aliphatic heterocycles. The molecular weight excluding hydrogens is 450 g/mol. The number of carbonyl (C=O) groups excluding carboxylic acids is 2. The predicted molar refractivity (Wildman–Crippen MR) is 128 cm³/mol. The minimum Gasteiger partial charge on any atom is -0.352 e. The number of para-hydroxylation sites is 1. The van der Waals surface area contributed by atoms with Gasteiger partial charge < -0.3 is 10.2 Å². The van der Waals surface area contributed by atoms with Gasteiger partial charge in [-0.15, -0.1) is 0 Å². The van der Waals surface area contributed by atoms with Gasteiger partial charge in [-0.3, -0.25) is 13.9 Å². The van der Waals surface area contributed by atoms with Crippen LogP contribution in [0.1, 0.15) is 31.9 Å². The number of benzene rings is 2. The van der Waals surface area contributed by atoms with Crippen molar-refractivity contribution in [1.82, 2.24) is 10.2 Å². The first-order valence-corrected chi connectivity index (χ1v) is 12.5. The maximum absolute atomic E-state index is 13.4. The molecule has 0 aliphatic carbocycles. The van der Waals surface area contributed by atoms with Crippen LogP contribution < -0.4 is 9.62 Å². The summed E-state index contributed by atoms with van der Waals surface area (Å²) in [5.41, 5.74) is 2.04. The van der Waals surface area contributed by atoms with E-state index in [1.165, 1.54) is 11.0 Å². The van der Waals surface area contributed by atoms with Crippen LogP contribution in [0.2, 0.25) is 5.02 Å². The van der Waals surface area contributed by atoms with Crippen LogP contribution in [0.3, 0.4) is 0 Å². The highest BCUT2D eigenvalue weighted by Gasteiger charge is 2.31. The zero-order valence-electron chi connectivity index (χ0n) is 19.0. The molecule has 32 heavy (non-hydrogen) atoms. The van der Waals surface area contributed by atoms with Crippen molar-refractivity contribution in [3.8, 4) is 0 Å². The highest BCUT2D eigenvalue weighted by molar-refractivity contribution is 7.92. The summed E-state index contributed by atoms with van der Waals surface area (Å²) in [5.74, 6) is -0.824. The molecule has 174 valence electrons. The lowest BCUT2D eigenvalue weighted by Crippen LogP contribution is -2.52. The maximum atomic E-state index is 13.4. The minimum atomic E-state index is -3.81. The second-order valence-corrected chi connectivity index (χ2v) is 10.3. The van der Waals surface area contributed by atoms with Gasteiger partial charge in [0.15, 0.2) is 0 Å². The Morgan fingerprint density at radius 2 is 1.62 bits per heavy atom. The highest BCUT2D eigenvalue weighted by atomic mass is 35.5. The van der Waals surface area contributed by atoms with Crippen molar-refractivity contribution >= 4 is 39.1 Å². The van der Waals surface area contributed by atoms with Gasteiger partial charge in [0.05, 0.1) is 17.0 Å². The van der Waals surface area contributed by atoms with Crippen molar-refractivity contribution in [3.05, 3.63) is 64.7 Å². The molecule has 0 bridgehead atoms. The molecule has 9 heteroatoms. The van der Waals surface area contributed by atoms with Gasteiger partial charge in [0, 0.05) is 12.6 Å². The van der Waals surface area contributed by atoms with E-state index >= 15 is 0 Å². The average Bonchev–Trinajstić information content (AvgIpc) is 2.70. The van der Waals surface area contributed by atoms with Crippen LogP contribution in [0.15, 0.2) is 48.5 Å². The van der Waals surface area contributed by atoms with Gasteiger partial charge in [-0.05, 0) is 51.0 Å². The summed E-state index contributed by atoms with van der Waals surface area (Å²) in [6, 6.07) is 13.1. The van der Waals surface area contributed by atoms with Crippen molar-refractivity contribution in [2.45, 2.75) is 46.3 Å². The molecule has 7 nitrogen and oxygen atoms in total. The van der Waals surface area contributed by atoms with Crippen LogP contribution in [0.5, 0.6) is 0 Å². The van der Waals surface area contributed by atoms with Gasteiger partial charge in [-0.25, -0.2) is 8.42 Å². The number of carbonyl (C=O) groups is 2. The third-order valence-corrected chi connectivity index (χ3v) is 6.45. The molecule has 2 rings (SSSR count). The molecule has 0 radical (unpaired) electrons. The van der Waals surface area contributed by atoms with Crippen molar-refractivity contribution in [3.63, 3.8) is 0 Å². The van der Waals surface area contributed by atoms with E-state index in [2.05, 4.69) is 5.32 Å². The molecule has 0 aliphatic rings. The van der Waals surface area contributed by atoms with E-state index < -0.39 is 28.5 Å². The van der Waals surface area contributed by atoms with E-state index in [0.717, 1.165) is 21.7 Å². The van der Waals surface area contributed by atoms with E-state index in [1.54, 1.807) is 25.1 Å². The smallest absolute Gasteiger partial charge is 0.244 e. The summed E-state index contributed by atoms with van der Waals surface area (Å²) >= 11 is 6.21. The summed E-state index contributed by atoms with van der Waals surface area (Å²) in [7, 11) is -3.81. The van der Waals surface area contributed by atoms with Crippen molar-refractivity contribution in [1.29, 1.82) is 0 Å². The molecule has 0 aromatic heterocycles. The van der Waals surface area contributed by atoms with E-state index in [0.29, 0.717) is 0 Å². The Labute approximate surface area is 195 Å². The largest absolute Gasteiger partial charge is 0.352 e. The number of nitrogens with one attached hydrogen (secondary N) is 1. The zero-order valence-corrected chi connectivity index (χ0v) is 20.6. The van der Waals surface area contributed by atoms with Crippen molar-refractivity contribution < 1.29 is 18.0 Å². The first kappa shape index (κ1) is 25.7. The summed E-state index contributed by atoms with van der Waals surface area (Å²) in [4.78, 5) is 27.6. The van der Waals surface area contributed by atoms with E-state index in [9.17, 15) is 18.0 Å². The molecule has 0 fully saturated rings. The Morgan fingerprint density at radius 1 is 1.03 bits per heavy atom. The molecule has 1 atom stereocenters. The van der Waals surface area contributed by atoms with Crippen molar-refractivity contribution in [2.24, 2.45) is 0 Å². The molecule has 2 aromatic carbocycles. The molecule has 0 heterocycles. The quantitative estimate of drug-likeness (QED) is 0.597. The van der Waals surface area contributed by atoms with E-state index in [-0.39, 0.29) is 29.2 Å². The van der Waals surface area contributed by atoms with Crippen LogP contribution in [-0.4, -0.2) is 50.0 Å². The Morgan fingerprint density at radius 3 is 2.19 bits per heavy atom. The van der Waals surface area contributed by atoms with Gasteiger partial charge in [0.1, 0.15) is 12.6 Å². The fourth-order valence-electron chi connectivity index (χ4n) is 3.21. The van der Waals surface area contributed by atoms with Crippen molar-refractivity contribution in [2.75, 3.05) is 17.1 Å². The fraction of sp³-hybridized carbons (Fsp3) is 0.391. The van der Waals surface area contributed by atoms with E-state index in [4.69, 9.17) is 11.6 Å². The van der Waals surface area contributed by atoms with Crippen LogP contribution >= 0.6 is 11.6 Å². The number of anilines is 1. The Bertz CT molecular complexity index is 1070. The molecule has 0 spiro atoms. The van der Waals surface area contributed by atoms with Gasteiger partial charge in [0.2, 0.25) is 21.8 Å². The molecule has 0 saturated heterocycles. The summed E-state index contributed by atoms with van der Waals surface area (Å²) in [6.07, 6.45) is 1.02. The SMILES string of the molecule is Cc1ccccc1CN(C(=O)CN(c1ccccc1Cl)S(C)(=O)=O)C(C)C(=O)NC(C)C. The first-order valence-electron chi connectivity index (χ1n) is 10.3. The number of sulfonamides is 1. The number of halogens is 1. The monoisotopic (exact) mass is 479 g/mol. The molecule has 2 amide bonds. The zero-order chi connectivity index (χ0) is 24.1. The summed E-state index contributed by atoms with van der Waals surface area (Å²) < 4.78 is 26.0. The highest BCUT2D eigenvalue weighted by Crippen LogP contribution is 2.27. The third kappa shape index (κ3) is 6.71. The summed E-state index contributed by atoms with van der Waals surface area (Å²) in [6.45, 7) is 6.91. The number of nitrogens with zero attached hydrogens (tertiary/aromatic N) is 2. The van der Waals surface area contributed by atoms with Gasteiger partial charge in [0.25, 0.3) is 0 Å². The maximum Gasteiger partial charge on any atom is 0.244 e. The van der Waals surface area contributed by atoms with Crippen LogP contribution in [0.4, 0.5) is 5.69 Å². The number of hydrogen-bond acceptors (Lipinski definition) is 4. The Balaban J connectivity index is 2.42. The summed E-state index contributed by atoms with van der Waals surface area (Å²) in [5, 5.41) is 3.03. The molecule has 0 saturated carbocycles. The predicted octanol–water partition coefficient (Wildman–Crippen LogP) is 3.36. The number of amides is 2. The molecule has 1 unspecified atom stereocenters. The molecular formula is C23H30ClN3O4S. The normalized spacial score (nSPS) is 12.3. The standard InChI is InChI=1S/C23H30ClN3O4S/c1-16(2)25-23(29)18(4)26(14-19-11-7-6-10-17(19)3)22(28)15-27(32(5,30)31)21-13-9-8-12-20(21)24/h6-13,16,18H,14-15H2,1-5H3,(H,25,29). The van der Waals surface area contributed by atoms with Gasteiger partial charge in [-0.2, -0.15) is 0 Å². The first-order chi connectivity index (χ1) is 14.9. The van der Waals surface area contributed by atoms with Crippen LogP contribution in [0.25, 0.3) is 0 Å². The second-order valence-electron chi connectivity index (χ2n) is 8.01. The average molecular weight is 480 g/mol. The molecule has 1 N–H and O–H groups in total. The lowest BCUT2D eigenvalue weighted by atomic mass is 10.1. The lowest BCUT2D eigenvalue weighted by molar-refractivity contribution is -0.139. The van der Waals surface area contributed by atoms with Crippen LogP contribution in [-0.2, 0) is 26.2 Å².